The Balaban J connectivity index is 3.17. The third-order valence-corrected chi connectivity index (χ3v) is 4.98. The summed E-state index contributed by atoms with van der Waals surface area (Å²) < 4.78 is 32.2. The molecule has 1 rings (SSSR count). The number of ether oxygens (including phenoxy) is 1. The Labute approximate surface area is 127 Å². The van der Waals surface area contributed by atoms with E-state index in [9.17, 15) is 13.5 Å². The highest BCUT2D eigenvalue weighted by Crippen LogP contribution is 2.25. The number of aliphatic hydroxyl groups is 1. The van der Waals surface area contributed by atoms with Crippen LogP contribution in [0, 0.1) is 0 Å². The molecule has 0 radical (unpaired) electrons. The molecule has 0 atom stereocenters. The van der Waals surface area contributed by atoms with E-state index in [1.165, 1.54) is 16.4 Å². The fraction of sp³-hybridized carbons (Fsp3) is 0.600. The van der Waals surface area contributed by atoms with Crippen molar-refractivity contribution < 1.29 is 18.3 Å². The van der Waals surface area contributed by atoms with Crippen molar-refractivity contribution in [1.82, 2.24) is 4.31 Å². The minimum Gasteiger partial charge on any atom is -0.494 e. The summed E-state index contributed by atoms with van der Waals surface area (Å²) in [6.07, 6.45) is 1.53. The van der Waals surface area contributed by atoms with E-state index in [0.717, 1.165) is 12.8 Å². The summed E-state index contributed by atoms with van der Waals surface area (Å²) in [5, 5.41) is 9.39. The van der Waals surface area contributed by atoms with E-state index in [-0.39, 0.29) is 11.5 Å². The number of sulfonamides is 1. The van der Waals surface area contributed by atoms with Crippen molar-refractivity contribution in [2.45, 2.75) is 45.1 Å². The molecule has 0 bridgehead atoms. The largest absolute Gasteiger partial charge is 0.494 e. The van der Waals surface area contributed by atoms with Crippen LogP contribution in [0.1, 0.15) is 39.2 Å². The van der Waals surface area contributed by atoms with Gasteiger partial charge < -0.3 is 9.84 Å². The smallest absolute Gasteiger partial charge is 0.243 e. The van der Waals surface area contributed by atoms with Gasteiger partial charge in [-0.3, -0.25) is 0 Å². The Morgan fingerprint density at radius 1 is 1.14 bits per heavy atom. The van der Waals surface area contributed by atoms with Gasteiger partial charge in [0, 0.05) is 18.7 Å². The van der Waals surface area contributed by atoms with Crippen molar-refractivity contribution >= 4 is 10.0 Å². The molecule has 6 heteroatoms. The maximum atomic E-state index is 12.7. The summed E-state index contributed by atoms with van der Waals surface area (Å²) in [6, 6.07) is 4.65. The van der Waals surface area contributed by atoms with Crippen LogP contribution in [0.25, 0.3) is 0 Å². The van der Waals surface area contributed by atoms with Crippen molar-refractivity contribution in [2.75, 3.05) is 19.7 Å². The maximum Gasteiger partial charge on any atom is 0.243 e. The quantitative estimate of drug-likeness (QED) is 0.760. The lowest BCUT2D eigenvalue weighted by Crippen LogP contribution is -2.32. The lowest BCUT2D eigenvalue weighted by molar-refractivity contribution is 0.266. The minimum atomic E-state index is -3.52. The number of hydrogen-bond donors (Lipinski definition) is 1. The first kappa shape index (κ1) is 17.9. The van der Waals surface area contributed by atoms with Gasteiger partial charge in [-0.05, 0) is 38.0 Å². The highest BCUT2D eigenvalue weighted by atomic mass is 32.2. The monoisotopic (exact) mass is 315 g/mol. The molecule has 0 aromatic heterocycles. The van der Waals surface area contributed by atoms with Crippen LogP contribution in [0.3, 0.4) is 0 Å². The maximum absolute atomic E-state index is 12.7. The minimum absolute atomic E-state index is 0.205. The van der Waals surface area contributed by atoms with Gasteiger partial charge in [0.05, 0.1) is 18.1 Å². The molecule has 1 aromatic rings. The van der Waals surface area contributed by atoms with E-state index < -0.39 is 10.0 Å². The molecule has 21 heavy (non-hydrogen) atoms. The average molecular weight is 315 g/mol. The van der Waals surface area contributed by atoms with Gasteiger partial charge in [-0.1, -0.05) is 13.8 Å². The van der Waals surface area contributed by atoms with Crippen LogP contribution in [-0.4, -0.2) is 37.5 Å². The van der Waals surface area contributed by atoms with Crippen LogP contribution < -0.4 is 4.74 Å². The first-order valence-electron chi connectivity index (χ1n) is 7.37. The standard InChI is InChI=1S/C15H25NO4S/c1-4-9-16(10-5-2)21(18,19)14-7-8-15(20-6-3)13(11-14)12-17/h7-8,11,17H,4-6,9-10,12H2,1-3H3. The number of rotatable bonds is 9. The van der Waals surface area contributed by atoms with Gasteiger partial charge >= 0.3 is 0 Å². The Bertz CT molecular complexity index is 537. The topological polar surface area (TPSA) is 66.8 Å². The molecule has 0 aliphatic carbocycles. The Morgan fingerprint density at radius 2 is 1.76 bits per heavy atom. The number of aliphatic hydroxyl groups excluding tert-OH is 1. The average Bonchev–Trinajstić information content (AvgIpc) is 2.47. The Hall–Kier alpha value is -1.11. The van der Waals surface area contributed by atoms with Crippen molar-refractivity contribution in [1.29, 1.82) is 0 Å². The van der Waals surface area contributed by atoms with Crippen LogP contribution in [0.4, 0.5) is 0 Å². The van der Waals surface area contributed by atoms with Crippen molar-refractivity contribution in [3.8, 4) is 5.75 Å². The predicted molar refractivity (Wildman–Crippen MR) is 82.9 cm³/mol. The summed E-state index contributed by atoms with van der Waals surface area (Å²) in [4.78, 5) is 0.205. The van der Waals surface area contributed by atoms with Gasteiger partial charge in [0.25, 0.3) is 0 Å². The summed E-state index contributed by atoms with van der Waals surface area (Å²) in [5.74, 6) is 0.525. The molecule has 0 amide bonds. The van der Waals surface area contributed by atoms with E-state index in [2.05, 4.69) is 0 Å². The third-order valence-electron chi connectivity index (χ3n) is 3.09. The molecule has 1 aromatic carbocycles. The molecule has 1 N–H and O–H groups in total. The fourth-order valence-corrected chi connectivity index (χ4v) is 3.81. The number of benzene rings is 1. The molecule has 0 spiro atoms. The second-order valence-corrected chi connectivity index (χ2v) is 6.70. The molecule has 0 saturated carbocycles. The van der Waals surface area contributed by atoms with Gasteiger partial charge in [-0.2, -0.15) is 4.31 Å². The SMILES string of the molecule is CCCN(CCC)S(=O)(=O)c1ccc(OCC)c(CO)c1. The van der Waals surface area contributed by atoms with Gasteiger partial charge in [0.15, 0.2) is 0 Å². The van der Waals surface area contributed by atoms with Crippen molar-refractivity contribution in [3.63, 3.8) is 0 Å². The number of nitrogens with zero attached hydrogens (tertiary/aromatic N) is 1. The fourth-order valence-electron chi connectivity index (χ4n) is 2.14. The van der Waals surface area contributed by atoms with Crippen LogP contribution in [-0.2, 0) is 16.6 Å². The summed E-state index contributed by atoms with van der Waals surface area (Å²) in [7, 11) is -3.52. The molecular formula is C15H25NO4S. The van der Waals surface area contributed by atoms with Crippen LogP contribution in [0.5, 0.6) is 5.75 Å². The third kappa shape index (κ3) is 4.43. The van der Waals surface area contributed by atoms with Crippen LogP contribution in [0.15, 0.2) is 23.1 Å². The summed E-state index contributed by atoms with van der Waals surface area (Å²) in [5.41, 5.74) is 0.492. The van der Waals surface area contributed by atoms with Crippen molar-refractivity contribution in [3.05, 3.63) is 23.8 Å². The molecular weight excluding hydrogens is 290 g/mol. The highest BCUT2D eigenvalue weighted by molar-refractivity contribution is 7.89. The molecule has 5 nitrogen and oxygen atoms in total. The zero-order valence-electron chi connectivity index (χ0n) is 13.0. The number of hydrogen-bond acceptors (Lipinski definition) is 4. The summed E-state index contributed by atoms with van der Waals surface area (Å²) >= 11 is 0. The first-order chi connectivity index (χ1) is 10.0. The summed E-state index contributed by atoms with van der Waals surface area (Å²) in [6.45, 7) is 6.97. The van der Waals surface area contributed by atoms with E-state index in [1.54, 1.807) is 6.07 Å². The zero-order valence-corrected chi connectivity index (χ0v) is 13.8. The van der Waals surface area contributed by atoms with Gasteiger partial charge in [-0.15, -0.1) is 0 Å². The van der Waals surface area contributed by atoms with Gasteiger partial charge in [-0.25, -0.2) is 8.42 Å². The molecule has 0 unspecified atom stereocenters. The molecule has 0 aliphatic rings. The molecule has 0 saturated heterocycles. The molecule has 0 fully saturated rings. The predicted octanol–water partition coefficient (Wildman–Crippen LogP) is 2.39. The van der Waals surface area contributed by atoms with E-state index in [4.69, 9.17) is 4.74 Å². The second-order valence-electron chi connectivity index (χ2n) is 4.76. The van der Waals surface area contributed by atoms with Crippen LogP contribution in [0.2, 0.25) is 0 Å². The van der Waals surface area contributed by atoms with Gasteiger partial charge in [0.1, 0.15) is 5.75 Å². The van der Waals surface area contributed by atoms with Gasteiger partial charge in [0.2, 0.25) is 10.0 Å². The highest BCUT2D eigenvalue weighted by Gasteiger charge is 2.24. The van der Waals surface area contributed by atoms with E-state index in [1.807, 2.05) is 20.8 Å². The van der Waals surface area contributed by atoms with E-state index in [0.29, 0.717) is 31.0 Å². The van der Waals surface area contributed by atoms with E-state index >= 15 is 0 Å². The Morgan fingerprint density at radius 3 is 2.24 bits per heavy atom. The first-order valence-corrected chi connectivity index (χ1v) is 8.81. The Kier molecular flexibility index (Phi) is 7.14. The normalized spacial score (nSPS) is 11.9. The zero-order chi connectivity index (χ0) is 15.9. The molecule has 0 heterocycles. The van der Waals surface area contributed by atoms with Crippen LogP contribution >= 0.6 is 0 Å². The second kappa shape index (κ2) is 8.36. The van der Waals surface area contributed by atoms with Crippen molar-refractivity contribution in [2.24, 2.45) is 0 Å². The lowest BCUT2D eigenvalue weighted by atomic mass is 10.2. The molecule has 120 valence electrons. The molecule has 0 aliphatic heterocycles. The lowest BCUT2D eigenvalue weighted by Gasteiger charge is -2.21.